The number of rotatable bonds is 3. The molecular weight excluding hydrogens is 278 g/mol. The van der Waals surface area contributed by atoms with Gasteiger partial charge in [-0.1, -0.05) is 29.8 Å². The van der Waals surface area contributed by atoms with E-state index in [-0.39, 0.29) is 0 Å². The van der Waals surface area contributed by atoms with Crippen LogP contribution in [0, 0.1) is 6.92 Å². The van der Waals surface area contributed by atoms with Crippen LogP contribution in [-0.2, 0) is 6.54 Å². The second-order valence-corrected chi connectivity index (χ2v) is 7.20. The molecule has 0 saturated carbocycles. The lowest BCUT2D eigenvalue weighted by atomic mass is 10.1. The Morgan fingerprint density at radius 2 is 2.05 bits per heavy atom. The first-order valence-corrected chi connectivity index (χ1v) is 8.42. The highest BCUT2D eigenvalue weighted by molar-refractivity contribution is 7.15. The molecular formula is C17H23N3S. The van der Waals surface area contributed by atoms with Crippen molar-refractivity contribution in [3.8, 4) is 10.6 Å². The fourth-order valence-electron chi connectivity index (χ4n) is 2.73. The van der Waals surface area contributed by atoms with Crippen LogP contribution in [0.5, 0.6) is 0 Å². The maximum atomic E-state index is 4.60. The van der Waals surface area contributed by atoms with Crippen molar-refractivity contribution in [3.63, 3.8) is 0 Å². The van der Waals surface area contributed by atoms with E-state index in [1.165, 1.54) is 16.0 Å². The van der Waals surface area contributed by atoms with E-state index < -0.39 is 0 Å². The predicted octanol–water partition coefficient (Wildman–Crippen LogP) is 3.30. The van der Waals surface area contributed by atoms with Crippen molar-refractivity contribution in [2.24, 2.45) is 0 Å². The topological polar surface area (TPSA) is 28.2 Å². The minimum absolute atomic E-state index is 0.575. The highest BCUT2D eigenvalue weighted by Crippen LogP contribution is 2.26. The lowest BCUT2D eigenvalue weighted by Gasteiger charge is -2.37. The Morgan fingerprint density at radius 3 is 2.81 bits per heavy atom. The van der Waals surface area contributed by atoms with Gasteiger partial charge in [0.15, 0.2) is 0 Å². The molecule has 0 spiro atoms. The maximum absolute atomic E-state index is 4.60. The Labute approximate surface area is 131 Å². The first-order valence-electron chi connectivity index (χ1n) is 7.61. The van der Waals surface area contributed by atoms with E-state index in [1.807, 2.05) is 17.5 Å². The maximum Gasteiger partial charge on any atom is 0.123 e. The number of hydrogen-bond acceptors (Lipinski definition) is 4. The Bertz CT molecular complexity index is 590. The average molecular weight is 301 g/mol. The molecule has 1 aliphatic heterocycles. The van der Waals surface area contributed by atoms with Gasteiger partial charge in [-0.25, -0.2) is 4.98 Å². The summed E-state index contributed by atoms with van der Waals surface area (Å²) in [5.41, 5.74) is 2.51. The summed E-state index contributed by atoms with van der Waals surface area (Å²) in [6, 6.07) is 9.78. The van der Waals surface area contributed by atoms with E-state index in [4.69, 9.17) is 0 Å². The van der Waals surface area contributed by atoms with E-state index in [1.54, 1.807) is 0 Å². The Hall–Kier alpha value is -1.23. The van der Waals surface area contributed by atoms with E-state index >= 15 is 0 Å². The summed E-state index contributed by atoms with van der Waals surface area (Å²) in [5, 5.41) is 4.66. The monoisotopic (exact) mass is 301 g/mol. The zero-order chi connectivity index (χ0) is 14.8. The standard InChI is InChI=1S/C17H23N3S/c1-12-4-6-15(7-5-12)17-19-9-16(21-17)11-20-10-13(2)18-8-14(20)3/h4-7,9,13-14,18H,8,10-11H2,1-3H3. The molecule has 1 aromatic carbocycles. The molecule has 2 unspecified atom stereocenters. The number of benzene rings is 1. The van der Waals surface area contributed by atoms with Crippen LogP contribution in [0.4, 0.5) is 0 Å². The van der Waals surface area contributed by atoms with Gasteiger partial charge in [0, 0.05) is 48.4 Å². The van der Waals surface area contributed by atoms with Crippen molar-refractivity contribution < 1.29 is 0 Å². The van der Waals surface area contributed by atoms with Crippen LogP contribution in [0.3, 0.4) is 0 Å². The normalized spacial score (nSPS) is 23.4. The van der Waals surface area contributed by atoms with Gasteiger partial charge in [-0.05, 0) is 20.8 Å². The number of hydrogen-bond donors (Lipinski definition) is 1. The van der Waals surface area contributed by atoms with Crippen molar-refractivity contribution in [1.29, 1.82) is 0 Å². The summed E-state index contributed by atoms with van der Waals surface area (Å²) in [6.07, 6.45) is 2.04. The van der Waals surface area contributed by atoms with Crippen LogP contribution < -0.4 is 5.32 Å². The van der Waals surface area contributed by atoms with E-state index in [0.717, 1.165) is 24.6 Å². The zero-order valence-corrected chi connectivity index (χ0v) is 13.8. The third-order valence-electron chi connectivity index (χ3n) is 4.10. The molecule has 1 fully saturated rings. The summed E-state index contributed by atoms with van der Waals surface area (Å²) in [5.74, 6) is 0. The summed E-state index contributed by atoms with van der Waals surface area (Å²) in [7, 11) is 0. The second kappa shape index (κ2) is 6.26. The Morgan fingerprint density at radius 1 is 1.29 bits per heavy atom. The lowest BCUT2D eigenvalue weighted by Crippen LogP contribution is -2.53. The third-order valence-corrected chi connectivity index (χ3v) is 5.14. The minimum Gasteiger partial charge on any atom is -0.311 e. The molecule has 4 heteroatoms. The number of nitrogens with zero attached hydrogens (tertiary/aromatic N) is 2. The SMILES string of the molecule is Cc1ccc(-c2ncc(CN3CC(C)NCC3C)s2)cc1. The minimum atomic E-state index is 0.575. The lowest BCUT2D eigenvalue weighted by molar-refractivity contribution is 0.140. The van der Waals surface area contributed by atoms with Gasteiger partial charge in [0.05, 0.1) is 0 Å². The van der Waals surface area contributed by atoms with Crippen molar-refractivity contribution in [3.05, 3.63) is 40.9 Å². The smallest absolute Gasteiger partial charge is 0.123 e. The van der Waals surface area contributed by atoms with Crippen molar-refractivity contribution in [1.82, 2.24) is 15.2 Å². The second-order valence-electron chi connectivity index (χ2n) is 6.09. The molecule has 2 aromatic rings. The van der Waals surface area contributed by atoms with E-state index in [2.05, 4.69) is 60.2 Å². The number of nitrogens with one attached hydrogen (secondary N) is 1. The molecule has 0 amide bonds. The first-order chi connectivity index (χ1) is 10.1. The highest BCUT2D eigenvalue weighted by Gasteiger charge is 2.22. The van der Waals surface area contributed by atoms with Crippen LogP contribution in [0.1, 0.15) is 24.3 Å². The van der Waals surface area contributed by atoms with Crippen LogP contribution in [0.2, 0.25) is 0 Å². The molecule has 0 bridgehead atoms. The first kappa shape index (κ1) is 14.7. The van der Waals surface area contributed by atoms with E-state index in [0.29, 0.717) is 12.1 Å². The fourth-order valence-corrected chi connectivity index (χ4v) is 3.67. The van der Waals surface area contributed by atoms with E-state index in [9.17, 15) is 0 Å². The number of piperazine rings is 1. The van der Waals surface area contributed by atoms with Gasteiger partial charge >= 0.3 is 0 Å². The van der Waals surface area contributed by atoms with Gasteiger partial charge in [0.25, 0.3) is 0 Å². The molecule has 21 heavy (non-hydrogen) atoms. The molecule has 3 nitrogen and oxygen atoms in total. The van der Waals surface area contributed by atoms with Gasteiger partial charge < -0.3 is 5.32 Å². The molecule has 1 aliphatic rings. The van der Waals surface area contributed by atoms with Gasteiger partial charge in [0.2, 0.25) is 0 Å². The predicted molar refractivity (Wildman–Crippen MR) is 89.6 cm³/mol. The van der Waals surface area contributed by atoms with Crippen LogP contribution >= 0.6 is 11.3 Å². The summed E-state index contributed by atoms with van der Waals surface area (Å²) < 4.78 is 0. The molecule has 1 aromatic heterocycles. The van der Waals surface area contributed by atoms with Gasteiger partial charge in [-0.2, -0.15) is 0 Å². The quantitative estimate of drug-likeness (QED) is 0.943. The summed E-state index contributed by atoms with van der Waals surface area (Å²) >= 11 is 1.82. The average Bonchev–Trinajstić information content (AvgIpc) is 2.92. The van der Waals surface area contributed by atoms with Crippen LogP contribution in [-0.4, -0.2) is 35.1 Å². The molecule has 3 rings (SSSR count). The van der Waals surface area contributed by atoms with Gasteiger partial charge in [0.1, 0.15) is 5.01 Å². The van der Waals surface area contributed by atoms with Crippen LogP contribution in [0.15, 0.2) is 30.5 Å². The molecule has 1 saturated heterocycles. The molecule has 112 valence electrons. The molecule has 1 N–H and O–H groups in total. The van der Waals surface area contributed by atoms with Gasteiger partial charge in [-0.15, -0.1) is 11.3 Å². The fraction of sp³-hybridized carbons (Fsp3) is 0.471. The highest BCUT2D eigenvalue weighted by atomic mass is 32.1. The summed E-state index contributed by atoms with van der Waals surface area (Å²) in [6.45, 7) is 9.86. The molecule has 2 heterocycles. The largest absolute Gasteiger partial charge is 0.311 e. The van der Waals surface area contributed by atoms with Crippen LogP contribution in [0.25, 0.3) is 10.6 Å². The van der Waals surface area contributed by atoms with Crippen molar-refractivity contribution in [2.45, 2.75) is 39.4 Å². The molecule has 0 aliphatic carbocycles. The van der Waals surface area contributed by atoms with Crippen molar-refractivity contribution in [2.75, 3.05) is 13.1 Å². The van der Waals surface area contributed by atoms with Crippen molar-refractivity contribution >= 4 is 11.3 Å². The number of aryl methyl sites for hydroxylation is 1. The Balaban J connectivity index is 1.71. The number of thiazole rings is 1. The third kappa shape index (κ3) is 3.51. The molecule has 2 atom stereocenters. The summed E-state index contributed by atoms with van der Waals surface area (Å²) in [4.78, 5) is 8.50. The number of aromatic nitrogens is 1. The van der Waals surface area contributed by atoms with Gasteiger partial charge in [-0.3, -0.25) is 4.90 Å². The Kier molecular flexibility index (Phi) is 4.38. The molecule has 0 radical (unpaired) electrons. The zero-order valence-electron chi connectivity index (χ0n) is 13.0.